The lowest BCUT2D eigenvalue weighted by atomic mass is 9.73. The van der Waals surface area contributed by atoms with Crippen molar-refractivity contribution in [3.63, 3.8) is 0 Å². The zero-order valence-corrected chi connectivity index (χ0v) is 23.1. The molecule has 0 spiro atoms. The maximum atomic E-state index is 13.5. The number of anilines is 1. The number of esters is 1. The lowest BCUT2D eigenvalue weighted by Crippen LogP contribution is -2.40. The molecule has 0 radical (unpaired) electrons. The summed E-state index contributed by atoms with van der Waals surface area (Å²) in [5.41, 5.74) is -1.01. The van der Waals surface area contributed by atoms with Crippen LogP contribution in [-0.4, -0.2) is 33.0 Å². The van der Waals surface area contributed by atoms with Crippen LogP contribution in [0.3, 0.4) is 0 Å². The summed E-state index contributed by atoms with van der Waals surface area (Å²) in [6.45, 7) is 9.46. The lowest BCUT2D eigenvalue weighted by molar-refractivity contribution is -0.181. The van der Waals surface area contributed by atoms with Gasteiger partial charge in [-0.05, 0) is 71.6 Å². The summed E-state index contributed by atoms with van der Waals surface area (Å²) in [6, 6.07) is 4.79. The van der Waals surface area contributed by atoms with Gasteiger partial charge in [-0.3, -0.25) is 14.6 Å². The second-order valence-electron chi connectivity index (χ2n) is 11.6. The molecule has 204 valence electrons. The Morgan fingerprint density at radius 2 is 1.84 bits per heavy atom. The summed E-state index contributed by atoms with van der Waals surface area (Å²) in [4.78, 5) is 39.2. The van der Waals surface area contributed by atoms with E-state index in [0.717, 1.165) is 19.4 Å². The SMILES string of the molecule is CC(C)(C)C(=O)OCc1nc2cc(NC(=O)[C@@]3(C)CCc4nc(C(C)(C)C(F)(F)F)ccc4C3)cnc2s1. The first-order chi connectivity index (χ1) is 17.5. The van der Waals surface area contributed by atoms with E-state index in [9.17, 15) is 22.8 Å². The average Bonchev–Trinajstić information content (AvgIpc) is 3.23. The third kappa shape index (κ3) is 5.52. The first kappa shape index (κ1) is 27.9. The van der Waals surface area contributed by atoms with E-state index < -0.39 is 22.4 Å². The highest BCUT2D eigenvalue weighted by Gasteiger charge is 2.50. The Morgan fingerprint density at radius 1 is 1.13 bits per heavy atom. The number of carbonyl (C=O) groups is 2. The number of fused-ring (bicyclic) bond motifs is 2. The Hall–Kier alpha value is -3.08. The van der Waals surface area contributed by atoms with Crippen molar-refractivity contribution >= 4 is 39.2 Å². The van der Waals surface area contributed by atoms with Crippen molar-refractivity contribution in [2.45, 2.75) is 79.0 Å². The molecule has 1 atom stereocenters. The fraction of sp³-hybridized carbons (Fsp3) is 0.519. The smallest absolute Gasteiger partial charge is 0.399 e. The van der Waals surface area contributed by atoms with Gasteiger partial charge in [-0.2, -0.15) is 13.2 Å². The van der Waals surface area contributed by atoms with Crippen LogP contribution in [-0.2, 0) is 39.2 Å². The summed E-state index contributed by atoms with van der Waals surface area (Å²) in [5, 5.41) is 3.52. The van der Waals surface area contributed by atoms with Crippen LogP contribution in [0.25, 0.3) is 10.3 Å². The fourth-order valence-electron chi connectivity index (χ4n) is 4.12. The predicted molar refractivity (Wildman–Crippen MR) is 139 cm³/mol. The molecule has 0 fully saturated rings. The molecule has 0 bridgehead atoms. The minimum absolute atomic E-state index is 0.0213. The first-order valence-electron chi connectivity index (χ1n) is 12.3. The summed E-state index contributed by atoms with van der Waals surface area (Å²) >= 11 is 1.31. The van der Waals surface area contributed by atoms with Crippen molar-refractivity contribution in [2.75, 3.05) is 5.32 Å². The van der Waals surface area contributed by atoms with E-state index in [1.165, 1.54) is 17.4 Å². The monoisotopic (exact) mass is 548 g/mol. The highest BCUT2D eigenvalue weighted by Crippen LogP contribution is 2.42. The van der Waals surface area contributed by atoms with E-state index in [1.54, 1.807) is 39.1 Å². The zero-order valence-electron chi connectivity index (χ0n) is 22.2. The van der Waals surface area contributed by atoms with Gasteiger partial charge in [-0.25, -0.2) is 9.97 Å². The summed E-state index contributed by atoms with van der Waals surface area (Å²) in [7, 11) is 0. The number of nitrogens with one attached hydrogen (secondary N) is 1. The van der Waals surface area contributed by atoms with Crippen molar-refractivity contribution in [1.82, 2.24) is 15.0 Å². The summed E-state index contributed by atoms with van der Waals surface area (Å²) < 4.78 is 45.8. The molecule has 11 heteroatoms. The molecule has 1 aliphatic carbocycles. The Kier molecular flexibility index (Phi) is 7.05. The van der Waals surface area contributed by atoms with Gasteiger partial charge in [0.15, 0.2) is 0 Å². The number of aryl methyl sites for hydroxylation is 1. The number of alkyl halides is 3. The molecule has 3 heterocycles. The van der Waals surface area contributed by atoms with Gasteiger partial charge in [0.2, 0.25) is 5.91 Å². The van der Waals surface area contributed by atoms with Crippen LogP contribution in [0.5, 0.6) is 0 Å². The van der Waals surface area contributed by atoms with Crippen molar-refractivity contribution in [1.29, 1.82) is 0 Å². The van der Waals surface area contributed by atoms with Crippen molar-refractivity contribution in [3.8, 4) is 0 Å². The molecule has 1 amide bonds. The molecule has 0 aromatic carbocycles. The molecule has 3 aromatic rings. The molecule has 4 rings (SSSR count). The second-order valence-corrected chi connectivity index (χ2v) is 12.7. The molecular formula is C27H31F3N4O3S. The van der Waals surface area contributed by atoms with Gasteiger partial charge in [0, 0.05) is 5.69 Å². The molecule has 3 aromatic heterocycles. The molecular weight excluding hydrogens is 517 g/mol. The largest absolute Gasteiger partial charge is 0.458 e. The number of amides is 1. The number of halogens is 3. The maximum absolute atomic E-state index is 13.5. The number of rotatable bonds is 5. The Morgan fingerprint density at radius 3 is 2.50 bits per heavy atom. The molecule has 0 saturated heterocycles. The van der Waals surface area contributed by atoms with Gasteiger partial charge < -0.3 is 10.1 Å². The fourth-order valence-corrected chi connectivity index (χ4v) is 4.92. The van der Waals surface area contributed by atoms with E-state index in [0.29, 0.717) is 46.0 Å². The van der Waals surface area contributed by atoms with Crippen LogP contribution < -0.4 is 5.32 Å². The topological polar surface area (TPSA) is 94.1 Å². The van der Waals surface area contributed by atoms with Gasteiger partial charge in [-0.15, -0.1) is 0 Å². The van der Waals surface area contributed by atoms with Crippen LogP contribution >= 0.6 is 11.3 Å². The molecule has 1 aliphatic rings. The molecule has 38 heavy (non-hydrogen) atoms. The third-order valence-electron chi connectivity index (χ3n) is 6.95. The van der Waals surface area contributed by atoms with Crippen LogP contribution in [0.2, 0.25) is 0 Å². The number of carbonyl (C=O) groups excluding carboxylic acids is 2. The third-order valence-corrected chi connectivity index (χ3v) is 7.90. The van der Waals surface area contributed by atoms with Crippen LogP contribution in [0.1, 0.15) is 69.9 Å². The van der Waals surface area contributed by atoms with Crippen molar-refractivity contribution in [3.05, 3.63) is 46.4 Å². The minimum atomic E-state index is -4.42. The second kappa shape index (κ2) is 9.59. The Balaban J connectivity index is 1.46. The summed E-state index contributed by atoms with van der Waals surface area (Å²) in [6.07, 6.45) is -1.65. The maximum Gasteiger partial charge on any atom is 0.399 e. The van der Waals surface area contributed by atoms with Crippen LogP contribution in [0, 0.1) is 10.8 Å². The number of thiazole rings is 1. The van der Waals surface area contributed by atoms with Gasteiger partial charge in [0.1, 0.15) is 27.4 Å². The van der Waals surface area contributed by atoms with Gasteiger partial charge >= 0.3 is 12.1 Å². The quantitative estimate of drug-likeness (QED) is 0.385. The number of ether oxygens (including phenoxy) is 1. The minimum Gasteiger partial charge on any atom is -0.458 e. The molecule has 1 N–H and O–H groups in total. The number of pyridine rings is 2. The summed E-state index contributed by atoms with van der Waals surface area (Å²) in [5.74, 6) is -0.533. The number of hydrogen-bond donors (Lipinski definition) is 1. The Bertz CT molecular complexity index is 1390. The predicted octanol–water partition coefficient (Wildman–Crippen LogP) is 6.15. The zero-order chi connectivity index (χ0) is 28.1. The van der Waals surface area contributed by atoms with Crippen molar-refractivity contribution in [2.24, 2.45) is 10.8 Å². The lowest BCUT2D eigenvalue weighted by Gasteiger charge is -2.34. The number of hydrogen-bond acceptors (Lipinski definition) is 7. The van der Waals surface area contributed by atoms with E-state index >= 15 is 0 Å². The standard InChI is InChI=1S/C27H31F3N4O3S/c1-24(2,3)23(36)37-14-20-34-18-11-16(13-31-21(18)38-20)32-22(35)26(6)10-9-17-15(12-26)7-8-19(33-17)25(4,5)27(28,29)30/h7-8,11,13H,9-10,12,14H2,1-6H3,(H,32,35)/t26-/m0/s1. The van der Waals surface area contributed by atoms with Gasteiger partial charge in [0.25, 0.3) is 0 Å². The molecule has 0 saturated carbocycles. The molecule has 0 aliphatic heterocycles. The van der Waals surface area contributed by atoms with Crippen molar-refractivity contribution < 1.29 is 27.5 Å². The van der Waals surface area contributed by atoms with E-state index in [2.05, 4.69) is 20.3 Å². The van der Waals surface area contributed by atoms with Crippen LogP contribution in [0.4, 0.5) is 18.9 Å². The highest BCUT2D eigenvalue weighted by molar-refractivity contribution is 7.18. The van der Waals surface area contributed by atoms with E-state index in [4.69, 9.17) is 4.74 Å². The molecule has 0 unspecified atom stereocenters. The van der Waals surface area contributed by atoms with E-state index in [1.807, 2.05) is 6.92 Å². The number of aromatic nitrogens is 3. The van der Waals surface area contributed by atoms with Gasteiger partial charge in [-0.1, -0.05) is 24.3 Å². The van der Waals surface area contributed by atoms with Crippen LogP contribution in [0.15, 0.2) is 24.4 Å². The van der Waals surface area contributed by atoms with E-state index in [-0.39, 0.29) is 24.2 Å². The number of nitrogens with zero attached hydrogens (tertiary/aromatic N) is 3. The highest BCUT2D eigenvalue weighted by atomic mass is 32.1. The first-order valence-corrected chi connectivity index (χ1v) is 13.1. The normalized spacial score (nSPS) is 18.2. The molecule has 7 nitrogen and oxygen atoms in total. The average molecular weight is 549 g/mol. The van der Waals surface area contributed by atoms with Gasteiger partial charge in [0.05, 0.1) is 28.4 Å². The Labute approximate surface area is 223 Å².